The molecule has 25 heavy (non-hydrogen) atoms. The van der Waals surface area contributed by atoms with Crippen LogP contribution in [-0.4, -0.2) is 62.1 Å². The highest BCUT2D eigenvalue weighted by molar-refractivity contribution is 5.82. The monoisotopic (exact) mass is 345 g/mol. The number of hydrogen-bond acceptors (Lipinski definition) is 3. The fourth-order valence-electron chi connectivity index (χ4n) is 3.95. The minimum Gasteiger partial charge on any atom is -0.381 e. The number of carbonyl (C=O) groups is 2. The molecule has 0 bridgehead atoms. The Balaban J connectivity index is 1.68. The van der Waals surface area contributed by atoms with E-state index in [-0.39, 0.29) is 23.3 Å². The van der Waals surface area contributed by atoms with E-state index < -0.39 is 0 Å². The normalized spacial score (nSPS) is 22.0. The molecule has 0 aliphatic carbocycles. The number of likely N-dealkylation sites (tertiary alicyclic amines) is 1. The zero-order valence-corrected chi connectivity index (χ0v) is 15.0. The Morgan fingerprint density at radius 3 is 2.56 bits per heavy atom. The van der Waals surface area contributed by atoms with Gasteiger partial charge in [-0.05, 0) is 18.4 Å². The van der Waals surface area contributed by atoms with Gasteiger partial charge in [0.2, 0.25) is 5.91 Å². The molecule has 2 saturated heterocycles. The first-order valence-electron chi connectivity index (χ1n) is 8.87. The van der Waals surface area contributed by atoms with E-state index in [1.807, 2.05) is 30.3 Å². The van der Waals surface area contributed by atoms with Gasteiger partial charge in [0.05, 0.1) is 5.92 Å². The molecular formula is C19H27N3O3. The van der Waals surface area contributed by atoms with E-state index >= 15 is 0 Å². The van der Waals surface area contributed by atoms with Crippen LogP contribution in [0.25, 0.3) is 0 Å². The Hall–Kier alpha value is -2.08. The number of ether oxygens (including phenoxy) is 1. The molecule has 2 aliphatic rings. The predicted molar refractivity (Wildman–Crippen MR) is 94.9 cm³/mol. The number of benzene rings is 1. The van der Waals surface area contributed by atoms with Crippen molar-refractivity contribution in [2.45, 2.75) is 19.4 Å². The van der Waals surface area contributed by atoms with Crippen LogP contribution in [0.4, 0.5) is 4.79 Å². The Morgan fingerprint density at radius 2 is 1.92 bits per heavy atom. The predicted octanol–water partition coefficient (Wildman–Crippen LogP) is 1.71. The summed E-state index contributed by atoms with van der Waals surface area (Å²) in [4.78, 5) is 28.8. The third-order valence-corrected chi connectivity index (χ3v) is 5.45. The lowest BCUT2D eigenvalue weighted by atomic mass is 9.71. The zero-order chi connectivity index (χ0) is 17.9. The molecule has 0 saturated carbocycles. The third kappa shape index (κ3) is 3.79. The maximum absolute atomic E-state index is 12.7. The van der Waals surface area contributed by atoms with Gasteiger partial charge in [-0.1, -0.05) is 30.3 Å². The molecule has 2 fully saturated rings. The number of rotatable bonds is 3. The zero-order valence-electron chi connectivity index (χ0n) is 15.0. The Labute approximate surface area is 149 Å². The SMILES string of the molecule is CN(C)C(=O)C1CN(C(=O)NCc2ccccc2)CC12CCOCC2. The van der Waals surface area contributed by atoms with Gasteiger partial charge in [-0.3, -0.25) is 4.79 Å². The van der Waals surface area contributed by atoms with Crippen molar-refractivity contribution in [1.82, 2.24) is 15.1 Å². The summed E-state index contributed by atoms with van der Waals surface area (Å²) in [6, 6.07) is 9.76. The maximum atomic E-state index is 12.7. The Bertz CT molecular complexity index is 612. The quantitative estimate of drug-likeness (QED) is 0.907. The summed E-state index contributed by atoms with van der Waals surface area (Å²) in [7, 11) is 3.57. The Morgan fingerprint density at radius 1 is 1.24 bits per heavy atom. The molecule has 6 heteroatoms. The second-order valence-electron chi connectivity index (χ2n) is 7.28. The molecule has 0 aromatic heterocycles. The van der Waals surface area contributed by atoms with Crippen LogP contribution >= 0.6 is 0 Å². The van der Waals surface area contributed by atoms with Crippen molar-refractivity contribution >= 4 is 11.9 Å². The van der Waals surface area contributed by atoms with Gasteiger partial charge in [-0.25, -0.2) is 4.79 Å². The van der Waals surface area contributed by atoms with E-state index in [2.05, 4.69) is 5.32 Å². The highest BCUT2D eigenvalue weighted by Crippen LogP contribution is 2.44. The summed E-state index contributed by atoms with van der Waals surface area (Å²) >= 11 is 0. The summed E-state index contributed by atoms with van der Waals surface area (Å²) in [5.41, 5.74) is 0.917. The number of amides is 3. The number of nitrogens with one attached hydrogen (secondary N) is 1. The molecule has 2 aliphatic heterocycles. The topological polar surface area (TPSA) is 61.9 Å². The lowest BCUT2D eigenvalue weighted by Crippen LogP contribution is -2.44. The second-order valence-corrected chi connectivity index (χ2v) is 7.28. The number of carbonyl (C=O) groups excluding carboxylic acids is 2. The number of nitrogens with zero attached hydrogens (tertiary/aromatic N) is 2. The van der Waals surface area contributed by atoms with Crippen molar-refractivity contribution in [3.63, 3.8) is 0 Å². The number of urea groups is 1. The van der Waals surface area contributed by atoms with Gasteiger partial charge in [-0.15, -0.1) is 0 Å². The number of hydrogen-bond donors (Lipinski definition) is 1. The summed E-state index contributed by atoms with van der Waals surface area (Å²) in [5.74, 6) is -0.0332. The molecule has 1 aromatic rings. The highest BCUT2D eigenvalue weighted by atomic mass is 16.5. The summed E-state index contributed by atoms with van der Waals surface area (Å²) in [5, 5.41) is 2.98. The molecule has 1 aromatic carbocycles. The molecule has 136 valence electrons. The molecule has 1 spiro atoms. The smallest absolute Gasteiger partial charge is 0.317 e. The van der Waals surface area contributed by atoms with E-state index in [1.54, 1.807) is 23.9 Å². The van der Waals surface area contributed by atoms with Crippen molar-refractivity contribution in [3.8, 4) is 0 Å². The van der Waals surface area contributed by atoms with Gasteiger partial charge >= 0.3 is 6.03 Å². The van der Waals surface area contributed by atoms with Crippen LogP contribution in [0, 0.1) is 11.3 Å². The van der Waals surface area contributed by atoms with Crippen LogP contribution in [0.2, 0.25) is 0 Å². The van der Waals surface area contributed by atoms with E-state index in [9.17, 15) is 9.59 Å². The van der Waals surface area contributed by atoms with Crippen LogP contribution < -0.4 is 5.32 Å². The summed E-state index contributed by atoms with van der Waals surface area (Å²) in [6.07, 6.45) is 1.67. The van der Waals surface area contributed by atoms with Crippen molar-refractivity contribution in [3.05, 3.63) is 35.9 Å². The van der Waals surface area contributed by atoms with Crippen molar-refractivity contribution in [2.75, 3.05) is 40.4 Å². The minimum absolute atomic E-state index is 0.0937. The van der Waals surface area contributed by atoms with Gasteiger partial charge in [-0.2, -0.15) is 0 Å². The molecule has 1 N–H and O–H groups in total. The average Bonchev–Trinajstić information content (AvgIpc) is 2.99. The standard InChI is InChI=1S/C19H27N3O3/c1-21(2)17(23)16-13-22(14-19(16)8-10-25-11-9-19)18(24)20-12-15-6-4-3-5-7-15/h3-7,16H,8-14H2,1-2H3,(H,20,24). The second kappa shape index (κ2) is 7.44. The lowest BCUT2D eigenvalue weighted by molar-refractivity contribution is -0.138. The first kappa shape index (κ1) is 17.7. The molecule has 1 atom stereocenters. The molecule has 3 amide bonds. The van der Waals surface area contributed by atoms with Crippen molar-refractivity contribution in [2.24, 2.45) is 11.3 Å². The summed E-state index contributed by atoms with van der Waals surface area (Å²) < 4.78 is 5.50. The first-order valence-corrected chi connectivity index (χ1v) is 8.87. The van der Waals surface area contributed by atoms with Crippen LogP contribution in [0.3, 0.4) is 0 Å². The molecule has 0 radical (unpaired) electrons. The van der Waals surface area contributed by atoms with Gasteiger partial charge in [0.1, 0.15) is 0 Å². The summed E-state index contributed by atoms with van der Waals surface area (Å²) in [6.45, 7) is 2.94. The molecule has 6 nitrogen and oxygen atoms in total. The molecule has 2 heterocycles. The van der Waals surface area contributed by atoms with Crippen LogP contribution in [0.1, 0.15) is 18.4 Å². The molecule has 1 unspecified atom stereocenters. The van der Waals surface area contributed by atoms with Crippen LogP contribution in [0.15, 0.2) is 30.3 Å². The van der Waals surface area contributed by atoms with Gasteiger partial charge in [0.25, 0.3) is 0 Å². The Kier molecular flexibility index (Phi) is 5.27. The van der Waals surface area contributed by atoms with E-state index in [4.69, 9.17) is 4.74 Å². The molecule has 3 rings (SSSR count). The fourth-order valence-corrected chi connectivity index (χ4v) is 3.95. The molecular weight excluding hydrogens is 318 g/mol. The first-order chi connectivity index (χ1) is 12.0. The van der Waals surface area contributed by atoms with Gasteiger partial charge < -0.3 is 19.9 Å². The van der Waals surface area contributed by atoms with Crippen LogP contribution in [-0.2, 0) is 16.1 Å². The minimum atomic E-state index is -0.149. The lowest BCUT2D eigenvalue weighted by Gasteiger charge is -2.37. The van der Waals surface area contributed by atoms with Gasteiger partial charge in [0, 0.05) is 52.4 Å². The fraction of sp³-hybridized carbons (Fsp3) is 0.579. The highest BCUT2D eigenvalue weighted by Gasteiger charge is 2.52. The van der Waals surface area contributed by atoms with E-state index in [0.29, 0.717) is 32.8 Å². The van der Waals surface area contributed by atoms with Crippen LogP contribution in [0.5, 0.6) is 0 Å². The van der Waals surface area contributed by atoms with Crippen molar-refractivity contribution < 1.29 is 14.3 Å². The largest absolute Gasteiger partial charge is 0.381 e. The maximum Gasteiger partial charge on any atom is 0.317 e. The van der Waals surface area contributed by atoms with E-state index in [0.717, 1.165) is 18.4 Å². The van der Waals surface area contributed by atoms with E-state index in [1.165, 1.54) is 0 Å². The average molecular weight is 345 g/mol. The van der Waals surface area contributed by atoms with Gasteiger partial charge in [0.15, 0.2) is 0 Å². The third-order valence-electron chi connectivity index (χ3n) is 5.45. The van der Waals surface area contributed by atoms with Crippen molar-refractivity contribution in [1.29, 1.82) is 0 Å².